The van der Waals surface area contributed by atoms with Crippen LogP contribution >= 0.6 is 11.5 Å². The number of hydrogen-bond acceptors (Lipinski definition) is 7. The van der Waals surface area contributed by atoms with E-state index in [4.69, 9.17) is 9.26 Å². The predicted octanol–water partition coefficient (Wildman–Crippen LogP) is 1.69. The number of rotatable bonds is 4. The van der Waals surface area contributed by atoms with E-state index in [1.807, 2.05) is 14.0 Å². The van der Waals surface area contributed by atoms with Crippen LogP contribution in [0.4, 0.5) is 5.00 Å². The molecular formula is C9H12N4O2S. The quantitative estimate of drug-likeness (QED) is 0.876. The van der Waals surface area contributed by atoms with Gasteiger partial charge in [0, 0.05) is 14.2 Å². The highest BCUT2D eigenvalue weighted by Crippen LogP contribution is 2.33. The first-order valence-electron chi connectivity index (χ1n) is 4.72. The zero-order chi connectivity index (χ0) is 11.5. The summed E-state index contributed by atoms with van der Waals surface area (Å²) in [7, 11) is 3.43. The second kappa shape index (κ2) is 4.58. The van der Waals surface area contributed by atoms with Gasteiger partial charge in [-0.3, -0.25) is 0 Å². The van der Waals surface area contributed by atoms with Crippen molar-refractivity contribution in [2.45, 2.75) is 13.5 Å². The van der Waals surface area contributed by atoms with E-state index in [1.54, 1.807) is 7.11 Å². The molecule has 0 aromatic carbocycles. The monoisotopic (exact) mass is 240 g/mol. The standard InChI is InChI=1S/C9H12N4O2S/c1-5-7(9(10-2)16-13-5)8-11-6(4-14-3)12-15-8/h10H,4H2,1-3H3. The van der Waals surface area contributed by atoms with Crippen LogP contribution in [0.25, 0.3) is 11.5 Å². The van der Waals surface area contributed by atoms with E-state index in [-0.39, 0.29) is 0 Å². The van der Waals surface area contributed by atoms with Gasteiger partial charge in [-0.25, -0.2) is 0 Å². The number of nitrogens with zero attached hydrogens (tertiary/aromatic N) is 3. The molecule has 0 aliphatic rings. The van der Waals surface area contributed by atoms with E-state index in [0.717, 1.165) is 16.3 Å². The minimum Gasteiger partial charge on any atom is -0.378 e. The van der Waals surface area contributed by atoms with Crippen LogP contribution in [-0.2, 0) is 11.3 Å². The van der Waals surface area contributed by atoms with Crippen molar-refractivity contribution < 1.29 is 9.26 Å². The smallest absolute Gasteiger partial charge is 0.262 e. The maximum absolute atomic E-state index is 5.17. The number of aryl methyl sites for hydroxylation is 1. The molecule has 16 heavy (non-hydrogen) atoms. The summed E-state index contributed by atoms with van der Waals surface area (Å²) in [6.45, 7) is 2.25. The molecule has 6 nitrogen and oxygen atoms in total. The molecule has 2 rings (SSSR count). The van der Waals surface area contributed by atoms with Crippen LogP contribution in [0.3, 0.4) is 0 Å². The highest BCUT2D eigenvalue weighted by molar-refractivity contribution is 7.10. The molecule has 2 heterocycles. The lowest BCUT2D eigenvalue weighted by Gasteiger charge is -1.96. The Hall–Kier alpha value is -1.47. The average molecular weight is 240 g/mol. The number of aromatic nitrogens is 3. The maximum atomic E-state index is 5.17. The summed E-state index contributed by atoms with van der Waals surface area (Å²) in [5.74, 6) is 1.01. The van der Waals surface area contributed by atoms with Crippen molar-refractivity contribution in [2.24, 2.45) is 0 Å². The van der Waals surface area contributed by atoms with Crippen molar-refractivity contribution in [3.05, 3.63) is 11.5 Å². The average Bonchev–Trinajstić information content (AvgIpc) is 2.85. The van der Waals surface area contributed by atoms with Crippen molar-refractivity contribution in [1.29, 1.82) is 0 Å². The SMILES string of the molecule is CNc1snc(C)c1-c1nc(COC)no1. The molecule has 2 aromatic heterocycles. The Bertz CT molecular complexity index is 480. The molecule has 0 fully saturated rings. The van der Waals surface area contributed by atoms with Crippen LogP contribution in [0.15, 0.2) is 4.52 Å². The second-order valence-corrected chi connectivity index (χ2v) is 3.94. The molecule has 0 atom stereocenters. The first kappa shape index (κ1) is 11.0. The van der Waals surface area contributed by atoms with Gasteiger partial charge in [0.15, 0.2) is 5.82 Å². The molecule has 0 unspecified atom stereocenters. The maximum Gasteiger partial charge on any atom is 0.262 e. The predicted molar refractivity (Wildman–Crippen MR) is 60.4 cm³/mol. The molecule has 0 amide bonds. The number of anilines is 1. The molecule has 7 heteroatoms. The Morgan fingerprint density at radius 1 is 1.50 bits per heavy atom. The summed E-state index contributed by atoms with van der Waals surface area (Å²) in [6, 6.07) is 0. The zero-order valence-corrected chi connectivity index (χ0v) is 10.1. The third-order valence-electron chi connectivity index (χ3n) is 2.05. The van der Waals surface area contributed by atoms with Crippen molar-refractivity contribution in [1.82, 2.24) is 14.5 Å². The third kappa shape index (κ3) is 1.91. The summed E-state index contributed by atoms with van der Waals surface area (Å²) in [4.78, 5) is 4.24. The molecule has 0 aliphatic heterocycles. The summed E-state index contributed by atoms with van der Waals surface area (Å²) in [6.07, 6.45) is 0. The minimum atomic E-state index is 0.342. The Labute approximate surface area is 96.8 Å². The van der Waals surface area contributed by atoms with E-state index >= 15 is 0 Å². The lowest BCUT2D eigenvalue weighted by Crippen LogP contribution is -1.91. The third-order valence-corrected chi connectivity index (χ3v) is 3.00. The minimum absolute atomic E-state index is 0.342. The first-order chi connectivity index (χ1) is 7.76. The van der Waals surface area contributed by atoms with Crippen molar-refractivity contribution >= 4 is 16.5 Å². The van der Waals surface area contributed by atoms with Gasteiger partial charge in [-0.05, 0) is 18.5 Å². The van der Waals surface area contributed by atoms with Gasteiger partial charge >= 0.3 is 0 Å². The fourth-order valence-electron chi connectivity index (χ4n) is 1.34. The lowest BCUT2D eigenvalue weighted by molar-refractivity contribution is 0.174. The highest BCUT2D eigenvalue weighted by Gasteiger charge is 2.18. The molecule has 0 aliphatic carbocycles. The largest absolute Gasteiger partial charge is 0.378 e. The fraction of sp³-hybridized carbons (Fsp3) is 0.444. The Morgan fingerprint density at radius 3 is 3.00 bits per heavy atom. The van der Waals surface area contributed by atoms with Gasteiger partial charge < -0.3 is 14.6 Å². The van der Waals surface area contributed by atoms with Gasteiger partial charge in [-0.15, -0.1) is 0 Å². The van der Waals surface area contributed by atoms with Crippen LogP contribution in [0.5, 0.6) is 0 Å². The van der Waals surface area contributed by atoms with Gasteiger partial charge in [0.2, 0.25) is 0 Å². The van der Waals surface area contributed by atoms with Crippen LogP contribution < -0.4 is 5.32 Å². The number of ether oxygens (including phenoxy) is 1. The van der Waals surface area contributed by atoms with Crippen molar-refractivity contribution in [3.8, 4) is 11.5 Å². The van der Waals surface area contributed by atoms with Crippen molar-refractivity contribution in [3.63, 3.8) is 0 Å². The van der Waals surface area contributed by atoms with E-state index in [9.17, 15) is 0 Å². The molecule has 0 radical (unpaired) electrons. The molecule has 1 N–H and O–H groups in total. The molecule has 86 valence electrons. The summed E-state index contributed by atoms with van der Waals surface area (Å²) >= 11 is 1.37. The van der Waals surface area contributed by atoms with Crippen LogP contribution in [0.1, 0.15) is 11.5 Å². The molecular weight excluding hydrogens is 228 g/mol. The number of nitrogens with one attached hydrogen (secondary N) is 1. The van der Waals surface area contributed by atoms with Gasteiger partial charge in [0.1, 0.15) is 11.6 Å². The topological polar surface area (TPSA) is 73.1 Å². The molecule has 0 bridgehead atoms. The molecule has 0 saturated heterocycles. The van der Waals surface area contributed by atoms with Crippen LogP contribution in [0.2, 0.25) is 0 Å². The lowest BCUT2D eigenvalue weighted by atomic mass is 10.2. The normalized spacial score (nSPS) is 10.7. The second-order valence-electron chi connectivity index (χ2n) is 3.17. The van der Waals surface area contributed by atoms with E-state index in [0.29, 0.717) is 18.3 Å². The van der Waals surface area contributed by atoms with Gasteiger partial charge in [0.05, 0.1) is 11.3 Å². The number of hydrogen-bond donors (Lipinski definition) is 1. The molecule has 0 saturated carbocycles. The summed E-state index contributed by atoms with van der Waals surface area (Å²) < 4.78 is 14.3. The van der Waals surface area contributed by atoms with E-state index in [1.165, 1.54) is 11.5 Å². The van der Waals surface area contributed by atoms with Crippen LogP contribution in [-0.4, -0.2) is 28.7 Å². The van der Waals surface area contributed by atoms with Crippen molar-refractivity contribution in [2.75, 3.05) is 19.5 Å². The first-order valence-corrected chi connectivity index (χ1v) is 5.49. The fourth-order valence-corrected chi connectivity index (χ4v) is 2.07. The van der Waals surface area contributed by atoms with E-state index in [2.05, 4.69) is 19.8 Å². The zero-order valence-electron chi connectivity index (χ0n) is 9.27. The highest BCUT2D eigenvalue weighted by atomic mass is 32.1. The molecule has 2 aromatic rings. The molecule has 0 spiro atoms. The number of methoxy groups -OCH3 is 1. The van der Waals surface area contributed by atoms with Gasteiger partial charge in [-0.1, -0.05) is 5.16 Å². The summed E-state index contributed by atoms with van der Waals surface area (Å²) in [5.41, 5.74) is 1.74. The van der Waals surface area contributed by atoms with Crippen LogP contribution in [0, 0.1) is 6.92 Å². The van der Waals surface area contributed by atoms with Gasteiger partial charge in [0.25, 0.3) is 5.89 Å². The Balaban J connectivity index is 2.37. The van der Waals surface area contributed by atoms with E-state index < -0.39 is 0 Å². The van der Waals surface area contributed by atoms with Gasteiger partial charge in [-0.2, -0.15) is 9.36 Å². The Morgan fingerprint density at radius 2 is 2.31 bits per heavy atom. The Kier molecular flexibility index (Phi) is 3.16. The summed E-state index contributed by atoms with van der Waals surface area (Å²) in [5, 5.41) is 7.79.